The van der Waals surface area contributed by atoms with E-state index in [1.165, 1.54) is 18.4 Å². The van der Waals surface area contributed by atoms with Gasteiger partial charge < -0.3 is 14.8 Å². The van der Waals surface area contributed by atoms with Gasteiger partial charge in [0.25, 0.3) is 0 Å². The van der Waals surface area contributed by atoms with E-state index >= 15 is 0 Å². The van der Waals surface area contributed by atoms with E-state index in [2.05, 4.69) is 29.3 Å². The molecule has 1 amide bonds. The van der Waals surface area contributed by atoms with Crippen molar-refractivity contribution in [2.24, 2.45) is 5.92 Å². The van der Waals surface area contributed by atoms with Gasteiger partial charge in [0.15, 0.2) is 11.5 Å². The summed E-state index contributed by atoms with van der Waals surface area (Å²) in [6, 6.07) is 6.88. The molecule has 0 spiro atoms. The molecular weight excluding hydrogens is 328 g/mol. The molecule has 26 heavy (non-hydrogen) atoms. The number of carbonyl (C=O) groups excluding carboxylic acids is 1. The standard InChI is InChI=1S/C21H30N2O3/c1-15-4-7-17(8-5-15)22-21(24)14-23-10-2-3-18(23)16-6-9-19-20(13-16)26-12-11-25-19/h6,9,13,15,17-18H,2-5,7-8,10-12,14H2,1H3,(H,22,24). The van der Waals surface area contributed by atoms with Crippen LogP contribution in [0.1, 0.15) is 57.1 Å². The molecule has 0 radical (unpaired) electrons. The van der Waals surface area contributed by atoms with Gasteiger partial charge in [-0.15, -0.1) is 0 Å². The molecule has 5 nitrogen and oxygen atoms in total. The molecule has 2 heterocycles. The Bertz CT molecular complexity index is 640. The van der Waals surface area contributed by atoms with E-state index in [1.54, 1.807) is 0 Å². The number of nitrogens with zero attached hydrogens (tertiary/aromatic N) is 1. The van der Waals surface area contributed by atoms with Gasteiger partial charge in [-0.25, -0.2) is 0 Å². The maximum atomic E-state index is 12.6. The van der Waals surface area contributed by atoms with Crippen molar-refractivity contribution in [3.63, 3.8) is 0 Å². The van der Waals surface area contributed by atoms with Gasteiger partial charge in [-0.3, -0.25) is 9.69 Å². The second kappa shape index (κ2) is 7.87. The molecule has 1 aliphatic carbocycles. The molecular formula is C21H30N2O3. The van der Waals surface area contributed by atoms with E-state index in [9.17, 15) is 4.79 Å². The number of hydrogen-bond acceptors (Lipinski definition) is 4. The topological polar surface area (TPSA) is 50.8 Å². The minimum absolute atomic E-state index is 0.175. The van der Waals surface area contributed by atoms with E-state index in [-0.39, 0.29) is 5.91 Å². The average molecular weight is 358 g/mol. The zero-order valence-corrected chi connectivity index (χ0v) is 15.7. The largest absolute Gasteiger partial charge is 0.486 e. The summed E-state index contributed by atoms with van der Waals surface area (Å²) in [7, 11) is 0. The number of hydrogen-bond donors (Lipinski definition) is 1. The summed E-state index contributed by atoms with van der Waals surface area (Å²) in [5.41, 5.74) is 1.23. The lowest BCUT2D eigenvalue weighted by Gasteiger charge is -2.29. The Morgan fingerprint density at radius 1 is 1.12 bits per heavy atom. The van der Waals surface area contributed by atoms with E-state index < -0.39 is 0 Å². The average Bonchev–Trinajstić information content (AvgIpc) is 3.11. The van der Waals surface area contributed by atoms with Crippen molar-refractivity contribution in [1.29, 1.82) is 0 Å². The highest BCUT2D eigenvalue weighted by Crippen LogP contribution is 2.37. The Kier molecular flexibility index (Phi) is 5.34. The number of amides is 1. The van der Waals surface area contributed by atoms with Gasteiger partial charge in [-0.05, 0) is 68.7 Å². The molecule has 1 N–H and O–H groups in total. The Morgan fingerprint density at radius 2 is 1.88 bits per heavy atom. The van der Waals surface area contributed by atoms with Crippen LogP contribution in [0, 0.1) is 5.92 Å². The predicted molar refractivity (Wildman–Crippen MR) is 101 cm³/mol. The first-order valence-electron chi connectivity index (χ1n) is 10.1. The molecule has 1 aromatic rings. The summed E-state index contributed by atoms with van der Waals surface area (Å²) >= 11 is 0. The molecule has 4 rings (SSSR count). The van der Waals surface area contributed by atoms with E-state index in [0.29, 0.717) is 31.8 Å². The Balaban J connectivity index is 1.36. The van der Waals surface area contributed by atoms with Crippen LogP contribution in [-0.4, -0.2) is 43.2 Å². The van der Waals surface area contributed by atoms with Crippen molar-refractivity contribution in [1.82, 2.24) is 10.2 Å². The van der Waals surface area contributed by atoms with Crippen molar-refractivity contribution >= 4 is 5.91 Å². The second-order valence-corrected chi connectivity index (χ2v) is 8.06. The summed E-state index contributed by atoms with van der Waals surface area (Å²) in [5.74, 6) is 2.64. The molecule has 0 bridgehead atoms. The first-order valence-corrected chi connectivity index (χ1v) is 10.1. The van der Waals surface area contributed by atoms with Gasteiger partial charge >= 0.3 is 0 Å². The van der Waals surface area contributed by atoms with Gasteiger partial charge in [-0.1, -0.05) is 13.0 Å². The fourth-order valence-electron chi connectivity index (χ4n) is 4.52. The number of likely N-dealkylation sites (tertiary alicyclic amines) is 1. The van der Waals surface area contributed by atoms with Crippen LogP contribution in [0.3, 0.4) is 0 Å². The molecule has 1 saturated carbocycles. The Morgan fingerprint density at radius 3 is 2.69 bits per heavy atom. The number of carbonyl (C=O) groups is 1. The molecule has 1 saturated heterocycles. The fourth-order valence-corrected chi connectivity index (χ4v) is 4.52. The summed E-state index contributed by atoms with van der Waals surface area (Å²) in [5, 5.41) is 3.26. The van der Waals surface area contributed by atoms with Crippen LogP contribution in [0.15, 0.2) is 18.2 Å². The van der Waals surface area contributed by atoms with Crippen LogP contribution >= 0.6 is 0 Å². The quantitative estimate of drug-likeness (QED) is 0.897. The zero-order chi connectivity index (χ0) is 17.9. The summed E-state index contributed by atoms with van der Waals surface area (Å²) in [6.45, 7) is 4.99. The smallest absolute Gasteiger partial charge is 0.234 e. The van der Waals surface area contributed by atoms with Crippen LogP contribution in [-0.2, 0) is 4.79 Å². The molecule has 1 aromatic carbocycles. The Hall–Kier alpha value is -1.75. The summed E-state index contributed by atoms with van der Waals surface area (Å²) < 4.78 is 11.3. The fraction of sp³-hybridized carbons (Fsp3) is 0.667. The van der Waals surface area contributed by atoms with E-state index in [1.807, 2.05) is 6.07 Å². The SMILES string of the molecule is CC1CCC(NC(=O)CN2CCCC2c2ccc3c(c2)OCCO3)CC1. The summed E-state index contributed by atoms with van der Waals surface area (Å²) in [4.78, 5) is 14.9. The maximum Gasteiger partial charge on any atom is 0.234 e. The van der Waals surface area contributed by atoms with Crippen molar-refractivity contribution < 1.29 is 14.3 Å². The van der Waals surface area contributed by atoms with E-state index in [0.717, 1.165) is 49.6 Å². The minimum Gasteiger partial charge on any atom is -0.486 e. The lowest BCUT2D eigenvalue weighted by Crippen LogP contribution is -2.43. The normalized spacial score (nSPS) is 28.7. The highest BCUT2D eigenvalue weighted by Gasteiger charge is 2.29. The minimum atomic E-state index is 0.175. The molecule has 3 aliphatic rings. The van der Waals surface area contributed by atoms with Gasteiger partial charge in [-0.2, -0.15) is 0 Å². The first-order chi connectivity index (χ1) is 12.7. The van der Waals surface area contributed by atoms with Crippen molar-refractivity contribution in [3.8, 4) is 11.5 Å². The third-order valence-electron chi connectivity index (χ3n) is 6.04. The number of benzene rings is 1. The third kappa shape index (κ3) is 3.98. The summed E-state index contributed by atoms with van der Waals surface area (Å²) in [6.07, 6.45) is 6.93. The molecule has 1 atom stereocenters. The van der Waals surface area contributed by atoms with Crippen molar-refractivity contribution in [2.75, 3.05) is 26.3 Å². The molecule has 0 aromatic heterocycles. The molecule has 5 heteroatoms. The van der Waals surface area contributed by atoms with E-state index in [4.69, 9.17) is 9.47 Å². The maximum absolute atomic E-state index is 12.6. The van der Waals surface area contributed by atoms with Gasteiger partial charge in [0.05, 0.1) is 6.54 Å². The highest BCUT2D eigenvalue weighted by molar-refractivity contribution is 5.78. The number of ether oxygens (including phenoxy) is 2. The molecule has 2 aliphatic heterocycles. The number of nitrogens with one attached hydrogen (secondary N) is 1. The third-order valence-corrected chi connectivity index (χ3v) is 6.04. The Labute approximate surface area is 156 Å². The number of rotatable bonds is 4. The van der Waals surface area contributed by atoms with Crippen LogP contribution in [0.25, 0.3) is 0 Å². The first kappa shape index (κ1) is 17.7. The highest BCUT2D eigenvalue weighted by atomic mass is 16.6. The molecule has 2 fully saturated rings. The van der Waals surface area contributed by atoms with Gasteiger partial charge in [0, 0.05) is 12.1 Å². The van der Waals surface area contributed by atoms with Crippen molar-refractivity contribution in [2.45, 2.75) is 57.5 Å². The van der Waals surface area contributed by atoms with Crippen LogP contribution in [0.5, 0.6) is 11.5 Å². The monoisotopic (exact) mass is 358 g/mol. The zero-order valence-electron chi connectivity index (χ0n) is 15.7. The van der Waals surface area contributed by atoms with Crippen LogP contribution < -0.4 is 14.8 Å². The molecule has 142 valence electrons. The van der Waals surface area contributed by atoms with Crippen molar-refractivity contribution in [3.05, 3.63) is 23.8 Å². The lowest BCUT2D eigenvalue weighted by molar-refractivity contribution is -0.123. The predicted octanol–water partition coefficient (Wildman–Crippen LogP) is 3.29. The number of fused-ring (bicyclic) bond motifs is 1. The second-order valence-electron chi connectivity index (χ2n) is 8.06. The van der Waals surface area contributed by atoms with Gasteiger partial charge in [0.1, 0.15) is 13.2 Å². The van der Waals surface area contributed by atoms with Gasteiger partial charge in [0.2, 0.25) is 5.91 Å². The van der Waals surface area contributed by atoms with Crippen LogP contribution in [0.4, 0.5) is 0 Å². The lowest BCUT2D eigenvalue weighted by atomic mass is 9.87. The van der Waals surface area contributed by atoms with Crippen LogP contribution in [0.2, 0.25) is 0 Å². The molecule has 1 unspecified atom stereocenters.